The molecule has 2 aromatic rings. The van der Waals surface area contributed by atoms with Crippen molar-refractivity contribution in [1.82, 2.24) is 9.55 Å². The maximum absolute atomic E-state index is 13.6. The summed E-state index contributed by atoms with van der Waals surface area (Å²) in [5.74, 6) is 0.688. The number of benzene rings is 1. The highest BCUT2D eigenvalue weighted by Crippen LogP contribution is 2.25. The molecule has 0 spiro atoms. The Labute approximate surface area is 118 Å². The van der Waals surface area contributed by atoms with Crippen LogP contribution in [-0.4, -0.2) is 22.8 Å². The van der Waals surface area contributed by atoms with Crippen LogP contribution in [0.2, 0.25) is 0 Å². The van der Waals surface area contributed by atoms with Gasteiger partial charge < -0.3 is 9.30 Å². The van der Waals surface area contributed by atoms with E-state index in [2.05, 4.69) is 20.9 Å². The Morgan fingerprint density at radius 3 is 2.89 bits per heavy atom. The van der Waals surface area contributed by atoms with Crippen molar-refractivity contribution in [3.63, 3.8) is 0 Å². The summed E-state index contributed by atoms with van der Waals surface area (Å²) in [6, 6.07) is 3.12. The van der Waals surface area contributed by atoms with Crippen LogP contribution in [0.5, 0.6) is 0 Å². The molecule has 0 N–H and O–H groups in total. The molecular weight excluding hydrogens is 322 g/mol. The van der Waals surface area contributed by atoms with Crippen molar-refractivity contribution in [2.45, 2.75) is 25.5 Å². The van der Waals surface area contributed by atoms with Gasteiger partial charge in [-0.1, -0.05) is 0 Å². The summed E-state index contributed by atoms with van der Waals surface area (Å²) < 4.78 is 21.1. The van der Waals surface area contributed by atoms with Crippen molar-refractivity contribution in [2.75, 3.05) is 7.11 Å². The number of nitrogens with zero attached hydrogens (tertiary/aromatic N) is 2. The molecule has 1 heterocycles. The van der Waals surface area contributed by atoms with Gasteiger partial charge in [-0.05, 0) is 28.9 Å². The predicted molar refractivity (Wildman–Crippen MR) is 73.4 cm³/mol. The lowest BCUT2D eigenvalue weighted by atomic mass is 10.3. The molecular formula is C12H13BrClFN2O. The first-order chi connectivity index (χ1) is 8.56. The van der Waals surface area contributed by atoms with Crippen LogP contribution in [0.15, 0.2) is 16.6 Å². The monoisotopic (exact) mass is 334 g/mol. The fourth-order valence-corrected chi connectivity index (χ4v) is 2.34. The summed E-state index contributed by atoms with van der Waals surface area (Å²) in [6.07, 6.45) is 0.0103. The summed E-state index contributed by atoms with van der Waals surface area (Å²) in [5, 5.41) is 0. The Morgan fingerprint density at radius 1 is 1.56 bits per heavy atom. The summed E-state index contributed by atoms with van der Waals surface area (Å²) in [7, 11) is 1.64. The Hall–Kier alpha value is -0.650. The van der Waals surface area contributed by atoms with Crippen molar-refractivity contribution >= 4 is 38.6 Å². The van der Waals surface area contributed by atoms with Gasteiger partial charge in [-0.2, -0.15) is 0 Å². The summed E-state index contributed by atoms with van der Waals surface area (Å²) in [5.41, 5.74) is 1.46. The third-order valence-electron chi connectivity index (χ3n) is 2.83. The minimum absolute atomic E-state index is 0.0103. The molecule has 1 aromatic heterocycles. The van der Waals surface area contributed by atoms with E-state index >= 15 is 0 Å². The number of alkyl halides is 1. The number of rotatable bonds is 4. The van der Waals surface area contributed by atoms with Crippen molar-refractivity contribution < 1.29 is 9.13 Å². The van der Waals surface area contributed by atoms with Gasteiger partial charge in [0, 0.05) is 13.2 Å². The molecule has 3 nitrogen and oxygen atoms in total. The Morgan fingerprint density at radius 2 is 2.28 bits per heavy atom. The van der Waals surface area contributed by atoms with Crippen LogP contribution in [0.25, 0.3) is 11.0 Å². The fraction of sp³-hybridized carbons (Fsp3) is 0.417. The fourth-order valence-electron chi connectivity index (χ4n) is 1.81. The molecule has 1 atom stereocenters. The maximum atomic E-state index is 13.6. The second-order valence-corrected chi connectivity index (χ2v) is 5.20. The van der Waals surface area contributed by atoms with Gasteiger partial charge >= 0.3 is 0 Å². The molecule has 0 aliphatic carbocycles. The van der Waals surface area contributed by atoms with Gasteiger partial charge in [0.05, 0.1) is 34.0 Å². The van der Waals surface area contributed by atoms with Crippen LogP contribution >= 0.6 is 27.5 Å². The van der Waals surface area contributed by atoms with E-state index in [1.54, 1.807) is 13.2 Å². The number of hydrogen-bond acceptors (Lipinski definition) is 2. The zero-order valence-electron chi connectivity index (χ0n) is 10.1. The maximum Gasteiger partial charge on any atom is 0.139 e. The lowest BCUT2D eigenvalue weighted by molar-refractivity contribution is 0.103. The lowest BCUT2D eigenvalue weighted by Gasteiger charge is -2.13. The van der Waals surface area contributed by atoms with E-state index in [-0.39, 0.29) is 17.8 Å². The number of hydrogen-bond donors (Lipinski definition) is 0. The van der Waals surface area contributed by atoms with Crippen LogP contribution in [-0.2, 0) is 17.2 Å². The van der Waals surface area contributed by atoms with Gasteiger partial charge in [-0.25, -0.2) is 9.37 Å². The zero-order valence-corrected chi connectivity index (χ0v) is 12.4. The van der Waals surface area contributed by atoms with E-state index in [0.717, 1.165) is 11.0 Å². The molecule has 98 valence electrons. The highest BCUT2D eigenvalue weighted by atomic mass is 79.9. The average Bonchev–Trinajstić information content (AvgIpc) is 2.67. The Kier molecular flexibility index (Phi) is 4.25. The molecule has 18 heavy (non-hydrogen) atoms. The molecule has 0 amide bonds. The van der Waals surface area contributed by atoms with E-state index < -0.39 is 0 Å². The van der Waals surface area contributed by atoms with Gasteiger partial charge in [0.2, 0.25) is 0 Å². The Bertz CT molecular complexity index is 573. The second-order valence-electron chi connectivity index (χ2n) is 4.07. The quantitative estimate of drug-likeness (QED) is 0.796. The van der Waals surface area contributed by atoms with Crippen molar-refractivity contribution in [1.29, 1.82) is 0 Å². The van der Waals surface area contributed by atoms with Crippen molar-refractivity contribution in [3.05, 3.63) is 28.2 Å². The molecule has 0 radical (unpaired) electrons. The number of aromatic nitrogens is 2. The van der Waals surface area contributed by atoms with Crippen LogP contribution < -0.4 is 0 Å². The predicted octanol–water partition coefficient (Wildman–Crippen LogP) is 3.71. The first kappa shape index (κ1) is 13.8. The molecule has 1 aromatic carbocycles. The molecule has 0 saturated carbocycles. The molecule has 2 rings (SSSR count). The largest absolute Gasteiger partial charge is 0.380 e. The van der Waals surface area contributed by atoms with Gasteiger partial charge in [0.1, 0.15) is 11.6 Å². The van der Waals surface area contributed by atoms with Crippen LogP contribution in [0.3, 0.4) is 0 Å². The summed E-state index contributed by atoms with van der Waals surface area (Å²) in [6.45, 7) is 2.54. The van der Waals surface area contributed by atoms with Gasteiger partial charge in [0.25, 0.3) is 0 Å². The lowest BCUT2D eigenvalue weighted by Crippen LogP contribution is -2.16. The molecule has 0 aliphatic heterocycles. The summed E-state index contributed by atoms with van der Waals surface area (Å²) in [4.78, 5) is 4.40. The molecule has 0 saturated heterocycles. The topological polar surface area (TPSA) is 27.1 Å². The molecule has 0 aliphatic rings. The van der Waals surface area contributed by atoms with Crippen LogP contribution in [0, 0.1) is 5.82 Å². The number of halogens is 3. The van der Waals surface area contributed by atoms with Gasteiger partial charge in [-0.3, -0.25) is 0 Å². The van der Waals surface area contributed by atoms with E-state index in [9.17, 15) is 4.39 Å². The Balaban J connectivity index is 2.57. The van der Waals surface area contributed by atoms with Gasteiger partial charge in [-0.15, -0.1) is 11.6 Å². The molecule has 0 fully saturated rings. The smallest absolute Gasteiger partial charge is 0.139 e. The van der Waals surface area contributed by atoms with E-state index in [1.807, 2.05) is 11.5 Å². The van der Waals surface area contributed by atoms with Crippen LogP contribution in [0.4, 0.5) is 4.39 Å². The van der Waals surface area contributed by atoms with E-state index in [4.69, 9.17) is 16.3 Å². The van der Waals surface area contributed by atoms with Crippen molar-refractivity contribution in [3.8, 4) is 0 Å². The number of imidazole rings is 1. The average molecular weight is 336 g/mol. The number of methoxy groups -OCH3 is 1. The highest BCUT2D eigenvalue weighted by molar-refractivity contribution is 9.10. The van der Waals surface area contributed by atoms with Crippen molar-refractivity contribution in [2.24, 2.45) is 0 Å². The molecule has 6 heteroatoms. The van der Waals surface area contributed by atoms with E-state index in [0.29, 0.717) is 16.8 Å². The standard InChI is InChI=1S/C12H13BrClFN2O/c1-7(18-2)6-17-11-4-9(15)8(13)3-10(11)16-12(17)5-14/h3-4,7H,5-6H2,1-2H3. The SMILES string of the molecule is COC(C)Cn1c(CCl)nc2cc(Br)c(F)cc21. The first-order valence-electron chi connectivity index (χ1n) is 5.49. The third-order valence-corrected chi connectivity index (χ3v) is 3.68. The minimum atomic E-state index is -0.310. The summed E-state index contributed by atoms with van der Waals surface area (Å²) >= 11 is 9.03. The zero-order chi connectivity index (χ0) is 13.3. The van der Waals surface area contributed by atoms with Crippen LogP contribution in [0.1, 0.15) is 12.7 Å². The number of fused-ring (bicyclic) bond motifs is 1. The van der Waals surface area contributed by atoms with Gasteiger partial charge in [0.15, 0.2) is 0 Å². The molecule has 1 unspecified atom stereocenters. The number of ether oxygens (including phenoxy) is 1. The minimum Gasteiger partial charge on any atom is -0.380 e. The highest BCUT2D eigenvalue weighted by Gasteiger charge is 2.14. The third kappa shape index (κ3) is 2.53. The first-order valence-corrected chi connectivity index (χ1v) is 6.82. The molecule has 0 bridgehead atoms. The van der Waals surface area contributed by atoms with E-state index in [1.165, 1.54) is 6.07 Å². The normalized spacial score (nSPS) is 13.2. The second kappa shape index (κ2) is 5.55.